The normalized spacial score (nSPS) is 23.2. The van der Waals surface area contributed by atoms with Crippen LogP contribution in [0.15, 0.2) is 36.4 Å². The lowest BCUT2D eigenvalue weighted by Crippen LogP contribution is -2.32. The number of benzene rings is 1. The molecule has 3 rings (SSSR count). The third-order valence-corrected chi connectivity index (χ3v) is 5.37. The molecule has 1 saturated heterocycles. The lowest BCUT2D eigenvalue weighted by molar-refractivity contribution is -0.121. The first-order chi connectivity index (χ1) is 12.9. The fourth-order valence-electron chi connectivity index (χ4n) is 4.05. The molecular formula is C22H29FN2O2. The minimum Gasteiger partial charge on any atom is -0.308 e. The zero-order valence-electron chi connectivity index (χ0n) is 16.2. The Morgan fingerprint density at radius 1 is 1.33 bits per heavy atom. The van der Waals surface area contributed by atoms with Crippen LogP contribution >= 0.6 is 0 Å². The smallest absolute Gasteiger partial charge is 0.250 e. The minimum absolute atomic E-state index is 0.000224. The van der Waals surface area contributed by atoms with Crippen molar-refractivity contribution in [2.24, 2.45) is 11.8 Å². The first-order valence-electron chi connectivity index (χ1n) is 9.91. The number of fused-ring (bicyclic) bond motifs is 1. The van der Waals surface area contributed by atoms with Crippen molar-refractivity contribution < 1.29 is 14.0 Å². The summed E-state index contributed by atoms with van der Waals surface area (Å²) in [6.07, 6.45) is 4.88. The lowest BCUT2D eigenvalue weighted by Gasteiger charge is -2.18. The monoisotopic (exact) mass is 372 g/mol. The fraction of sp³-hybridized carbons (Fsp3) is 0.545. The average molecular weight is 372 g/mol. The highest BCUT2D eigenvalue weighted by atomic mass is 19.1. The molecule has 146 valence electrons. The number of para-hydroxylation sites is 1. The Morgan fingerprint density at radius 3 is 2.81 bits per heavy atom. The second-order valence-corrected chi connectivity index (χ2v) is 8.08. The Hall–Kier alpha value is -2.01. The second kappa shape index (κ2) is 8.79. The van der Waals surface area contributed by atoms with E-state index >= 15 is 0 Å². The van der Waals surface area contributed by atoms with Crippen molar-refractivity contribution in [2.75, 3.05) is 18.0 Å². The second-order valence-electron chi connectivity index (χ2n) is 8.08. The number of allylic oxidation sites excluding steroid dienone is 1. The molecule has 1 amide bonds. The zero-order valence-corrected chi connectivity index (χ0v) is 16.2. The van der Waals surface area contributed by atoms with E-state index in [2.05, 4.69) is 25.2 Å². The molecule has 2 aliphatic heterocycles. The SMILES string of the molecule is CC(C)C[C@@H](/C=C/C(=O)N1CCc2ccccc21)CC(=O)[C@@H]1C[C@H](F)CN1. The highest BCUT2D eigenvalue weighted by Crippen LogP contribution is 2.28. The highest BCUT2D eigenvalue weighted by molar-refractivity contribution is 6.02. The van der Waals surface area contributed by atoms with Crippen LogP contribution in [-0.2, 0) is 16.0 Å². The van der Waals surface area contributed by atoms with Crippen LogP contribution in [0.25, 0.3) is 0 Å². The third kappa shape index (κ3) is 5.04. The molecule has 1 fully saturated rings. The van der Waals surface area contributed by atoms with Gasteiger partial charge in [0.15, 0.2) is 0 Å². The number of nitrogens with zero attached hydrogens (tertiary/aromatic N) is 1. The van der Waals surface area contributed by atoms with Gasteiger partial charge in [0.25, 0.3) is 5.91 Å². The van der Waals surface area contributed by atoms with Crippen molar-refractivity contribution in [1.29, 1.82) is 0 Å². The van der Waals surface area contributed by atoms with Gasteiger partial charge < -0.3 is 10.2 Å². The zero-order chi connectivity index (χ0) is 19.4. The number of amides is 1. The van der Waals surface area contributed by atoms with Crippen LogP contribution in [-0.4, -0.2) is 37.0 Å². The Bertz CT molecular complexity index is 716. The Balaban J connectivity index is 1.63. The van der Waals surface area contributed by atoms with Crippen LogP contribution in [0.3, 0.4) is 0 Å². The molecule has 2 aliphatic rings. The topological polar surface area (TPSA) is 49.4 Å². The quantitative estimate of drug-likeness (QED) is 0.746. The molecule has 2 heterocycles. The Kier molecular flexibility index (Phi) is 6.42. The van der Waals surface area contributed by atoms with Crippen molar-refractivity contribution in [1.82, 2.24) is 5.32 Å². The van der Waals surface area contributed by atoms with Gasteiger partial charge in [-0.2, -0.15) is 0 Å². The largest absolute Gasteiger partial charge is 0.308 e. The number of rotatable bonds is 7. The molecule has 0 radical (unpaired) electrons. The molecule has 1 aromatic rings. The van der Waals surface area contributed by atoms with Crippen molar-refractivity contribution in [3.63, 3.8) is 0 Å². The number of Topliss-reactive ketones (excluding diaryl/α,β-unsaturated/α-hetero) is 1. The number of nitrogens with one attached hydrogen (secondary N) is 1. The summed E-state index contributed by atoms with van der Waals surface area (Å²) in [5, 5.41) is 2.96. The van der Waals surface area contributed by atoms with Gasteiger partial charge in [0.1, 0.15) is 12.0 Å². The molecule has 27 heavy (non-hydrogen) atoms. The van der Waals surface area contributed by atoms with Gasteiger partial charge in [0.05, 0.1) is 6.04 Å². The summed E-state index contributed by atoms with van der Waals surface area (Å²) in [5.74, 6) is 0.425. The summed E-state index contributed by atoms with van der Waals surface area (Å²) in [6, 6.07) is 7.58. The maximum atomic E-state index is 13.4. The first-order valence-corrected chi connectivity index (χ1v) is 9.91. The van der Waals surface area contributed by atoms with Crippen molar-refractivity contribution >= 4 is 17.4 Å². The van der Waals surface area contributed by atoms with Gasteiger partial charge in [-0.1, -0.05) is 38.1 Å². The van der Waals surface area contributed by atoms with Crippen LogP contribution in [0.1, 0.15) is 38.7 Å². The van der Waals surface area contributed by atoms with E-state index in [0.717, 1.165) is 18.5 Å². The van der Waals surface area contributed by atoms with Crippen molar-refractivity contribution in [2.45, 2.75) is 51.7 Å². The van der Waals surface area contributed by atoms with Crippen LogP contribution in [0, 0.1) is 11.8 Å². The van der Waals surface area contributed by atoms with Crippen LogP contribution < -0.4 is 10.2 Å². The number of ketones is 1. The number of alkyl halides is 1. The standard InChI is InChI=1S/C22H29FN2O2/c1-15(2)11-16(12-21(26)19-13-18(23)14-24-19)7-8-22(27)25-10-9-17-5-3-4-6-20(17)25/h3-8,15-16,18-19,24H,9-14H2,1-2H3/b8-7+/t16-,18+,19+/m1/s1. The van der Waals surface area contributed by atoms with Gasteiger partial charge in [-0.15, -0.1) is 0 Å². The molecule has 5 heteroatoms. The van der Waals surface area contributed by atoms with E-state index in [1.165, 1.54) is 5.56 Å². The summed E-state index contributed by atoms with van der Waals surface area (Å²) in [5.41, 5.74) is 2.18. The lowest BCUT2D eigenvalue weighted by atomic mass is 9.90. The van der Waals surface area contributed by atoms with Crippen LogP contribution in [0.2, 0.25) is 0 Å². The van der Waals surface area contributed by atoms with Gasteiger partial charge in [-0.25, -0.2) is 4.39 Å². The van der Waals surface area contributed by atoms with E-state index < -0.39 is 6.17 Å². The summed E-state index contributed by atoms with van der Waals surface area (Å²) >= 11 is 0. The maximum Gasteiger partial charge on any atom is 0.250 e. The van der Waals surface area contributed by atoms with E-state index in [0.29, 0.717) is 18.9 Å². The Morgan fingerprint density at radius 2 is 2.11 bits per heavy atom. The van der Waals surface area contributed by atoms with Crippen LogP contribution in [0.4, 0.5) is 10.1 Å². The number of anilines is 1. The maximum absolute atomic E-state index is 13.4. The molecular weight excluding hydrogens is 343 g/mol. The molecule has 0 bridgehead atoms. The van der Waals surface area contributed by atoms with E-state index in [-0.39, 0.29) is 36.6 Å². The summed E-state index contributed by atoms with van der Waals surface area (Å²) in [4.78, 5) is 27.0. The highest BCUT2D eigenvalue weighted by Gasteiger charge is 2.30. The van der Waals surface area contributed by atoms with Gasteiger partial charge in [0.2, 0.25) is 0 Å². The average Bonchev–Trinajstić information content (AvgIpc) is 3.25. The molecule has 0 saturated carbocycles. The summed E-state index contributed by atoms with van der Waals surface area (Å²) in [7, 11) is 0. The molecule has 0 spiro atoms. The van der Waals surface area contributed by atoms with Crippen molar-refractivity contribution in [3.05, 3.63) is 42.0 Å². The summed E-state index contributed by atoms with van der Waals surface area (Å²) < 4.78 is 13.4. The van der Waals surface area contributed by atoms with E-state index in [1.54, 1.807) is 11.0 Å². The van der Waals surface area contributed by atoms with E-state index in [1.807, 2.05) is 24.3 Å². The number of carbonyl (C=O) groups excluding carboxylic acids is 2. The fourth-order valence-corrected chi connectivity index (χ4v) is 4.05. The van der Waals surface area contributed by atoms with Gasteiger partial charge >= 0.3 is 0 Å². The third-order valence-electron chi connectivity index (χ3n) is 5.37. The predicted octanol–water partition coefficient (Wildman–Crippen LogP) is 3.45. The van der Waals surface area contributed by atoms with E-state index in [9.17, 15) is 14.0 Å². The number of hydrogen-bond acceptors (Lipinski definition) is 3. The Labute approximate surface area is 160 Å². The molecule has 4 nitrogen and oxygen atoms in total. The number of carbonyl (C=O) groups is 2. The molecule has 0 unspecified atom stereocenters. The minimum atomic E-state index is -0.935. The van der Waals surface area contributed by atoms with Gasteiger partial charge in [-0.05, 0) is 42.4 Å². The molecule has 1 N–H and O–H groups in total. The molecule has 0 aliphatic carbocycles. The molecule has 0 aromatic heterocycles. The first kappa shape index (κ1) is 19.7. The molecule has 1 aromatic carbocycles. The van der Waals surface area contributed by atoms with Crippen LogP contribution in [0.5, 0.6) is 0 Å². The van der Waals surface area contributed by atoms with Crippen molar-refractivity contribution in [3.8, 4) is 0 Å². The van der Waals surface area contributed by atoms with Gasteiger partial charge in [-0.3, -0.25) is 9.59 Å². The van der Waals surface area contributed by atoms with Gasteiger partial charge in [0, 0.05) is 31.6 Å². The molecule has 3 atom stereocenters. The van der Waals surface area contributed by atoms with E-state index in [4.69, 9.17) is 0 Å². The summed E-state index contributed by atoms with van der Waals surface area (Å²) in [6.45, 7) is 5.17. The predicted molar refractivity (Wildman–Crippen MR) is 106 cm³/mol. The number of halogens is 1. The number of hydrogen-bond donors (Lipinski definition) is 1.